The topological polar surface area (TPSA) is 90.9 Å². The molecule has 1 saturated heterocycles. The van der Waals surface area contributed by atoms with Crippen molar-refractivity contribution < 1.29 is 19.4 Å². The third-order valence-corrected chi connectivity index (χ3v) is 3.31. The number of carboxylic acids is 1. The lowest BCUT2D eigenvalue weighted by Gasteiger charge is -2.26. The molecular weight excluding hydrogens is 274 g/mol. The summed E-state index contributed by atoms with van der Waals surface area (Å²) in [5.74, 6) is -0.819. The zero-order valence-electron chi connectivity index (χ0n) is 11.9. The summed E-state index contributed by atoms with van der Waals surface area (Å²) in [4.78, 5) is 25.3. The van der Waals surface area contributed by atoms with E-state index in [-0.39, 0.29) is 23.7 Å². The van der Waals surface area contributed by atoms with Crippen LogP contribution in [0.1, 0.15) is 10.4 Å². The molecule has 21 heavy (non-hydrogen) atoms. The number of anilines is 1. The Morgan fingerprint density at radius 1 is 1.38 bits per heavy atom. The van der Waals surface area contributed by atoms with Gasteiger partial charge in [0.1, 0.15) is 5.75 Å². The molecule has 0 unspecified atom stereocenters. The number of hydrogen-bond acceptors (Lipinski definition) is 5. The van der Waals surface area contributed by atoms with Crippen LogP contribution < -0.4 is 15.4 Å². The molecule has 7 nitrogen and oxygen atoms in total. The average Bonchev–Trinajstić information content (AvgIpc) is 2.47. The standard InChI is InChI=1S/C14H19N3O4/c1-21-10-2-3-11(14(19)20)12(8-10)16-13(18)9-17-6-4-15-5-7-17/h2-3,8,15H,4-7,9H2,1H3,(H,16,18)(H,19,20). The van der Waals surface area contributed by atoms with Gasteiger partial charge < -0.3 is 20.5 Å². The van der Waals surface area contributed by atoms with Crippen LogP contribution in [-0.2, 0) is 4.79 Å². The van der Waals surface area contributed by atoms with Crippen LogP contribution in [0, 0.1) is 0 Å². The van der Waals surface area contributed by atoms with Gasteiger partial charge in [-0.25, -0.2) is 4.79 Å². The van der Waals surface area contributed by atoms with E-state index in [1.807, 2.05) is 4.90 Å². The van der Waals surface area contributed by atoms with Crippen LogP contribution in [0.2, 0.25) is 0 Å². The van der Waals surface area contributed by atoms with Crippen LogP contribution in [-0.4, -0.2) is 61.7 Å². The van der Waals surface area contributed by atoms with Crippen molar-refractivity contribution in [1.29, 1.82) is 0 Å². The maximum absolute atomic E-state index is 12.0. The van der Waals surface area contributed by atoms with Crippen LogP contribution in [0.5, 0.6) is 5.75 Å². The molecule has 1 fully saturated rings. The lowest BCUT2D eigenvalue weighted by atomic mass is 10.1. The number of hydrogen-bond donors (Lipinski definition) is 3. The molecule has 0 aromatic heterocycles. The largest absolute Gasteiger partial charge is 0.497 e. The van der Waals surface area contributed by atoms with Crippen molar-refractivity contribution in [3.05, 3.63) is 23.8 Å². The molecule has 1 aromatic carbocycles. The smallest absolute Gasteiger partial charge is 0.337 e. The Bertz CT molecular complexity index is 527. The first-order valence-corrected chi connectivity index (χ1v) is 6.74. The van der Waals surface area contributed by atoms with E-state index in [2.05, 4.69) is 10.6 Å². The Labute approximate surface area is 122 Å². The molecule has 114 valence electrons. The number of aromatic carboxylic acids is 1. The van der Waals surface area contributed by atoms with E-state index in [0.717, 1.165) is 26.2 Å². The second kappa shape index (κ2) is 7.05. The molecule has 1 aliphatic heterocycles. The number of benzene rings is 1. The Hall–Kier alpha value is -2.12. The van der Waals surface area contributed by atoms with Crippen LogP contribution in [0.4, 0.5) is 5.69 Å². The van der Waals surface area contributed by atoms with Gasteiger partial charge in [0.15, 0.2) is 0 Å². The zero-order chi connectivity index (χ0) is 15.2. The number of ether oxygens (including phenoxy) is 1. The Balaban J connectivity index is 2.06. The fourth-order valence-electron chi connectivity index (χ4n) is 2.20. The Kier molecular flexibility index (Phi) is 5.13. The summed E-state index contributed by atoms with van der Waals surface area (Å²) in [6, 6.07) is 4.48. The van der Waals surface area contributed by atoms with Crippen LogP contribution in [0.3, 0.4) is 0 Å². The molecule has 7 heteroatoms. The lowest BCUT2D eigenvalue weighted by Crippen LogP contribution is -2.46. The monoisotopic (exact) mass is 293 g/mol. The number of carbonyl (C=O) groups excluding carboxylic acids is 1. The van der Waals surface area contributed by atoms with Gasteiger partial charge in [0.25, 0.3) is 0 Å². The maximum atomic E-state index is 12.0. The van der Waals surface area contributed by atoms with Crippen LogP contribution in [0.25, 0.3) is 0 Å². The van der Waals surface area contributed by atoms with Crippen molar-refractivity contribution in [3.63, 3.8) is 0 Å². The molecule has 1 amide bonds. The van der Waals surface area contributed by atoms with E-state index < -0.39 is 5.97 Å². The van der Waals surface area contributed by atoms with Gasteiger partial charge in [0, 0.05) is 32.2 Å². The van der Waals surface area contributed by atoms with E-state index in [9.17, 15) is 9.59 Å². The number of methoxy groups -OCH3 is 1. The first-order chi connectivity index (χ1) is 10.1. The predicted octanol–water partition coefficient (Wildman–Crippen LogP) is 0.237. The van der Waals surface area contributed by atoms with E-state index >= 15 is 0 Å². The van der Waals surface area contributed by atoms with Gasteiger partial charge in [-0.15, -0.1) is 0 Å². The molecule has 1 aromatic rings. The Morgan fingerprint density at radius 2 is 2.10 bits per heavy atom. The predicted molar refractivity (Wildman–Crippen MR) is 77.9 cm³/mol. The summed E-state index contributed by atoms with van der Waals surface area (Å²) in [6.45, 7) is 3.56. The molecule has 2 rings (SSSR count). The first-order valence-electron chi connectivity index (χ1n) is 6.74. The number of carboxylic acid groups (broad SMARTS) is 1. The minimum Gasteiger partial charge on any atom is -0.497 e. The van der Waals surface area contributed by atoms with E-state index in [1.54, 1.807) is 6.07 Å². The molecule has 0 spiro atoms. The van der Waals surface area contributed by atoms with Crippen molar-refractivity contribution in [3.8, 4) is 5.75 Å². The van der Waals surface area contributed by atoms with Gasteiger partial charge in [-0.1, -0.05) is 0 Å². The average molecular weight is 293 g/mol. The van der Waals surface area contributed by atoms with Crippen molar-refractivity contribution >= 4 is 17.6 Å². The SMILES string of the molecule is COc1ccc(C(=O)O)c(NC(=O)CN2CCNCC2)c1. The summed E-state index contributed by atoms with van der Waals surface area (Å²) in [7, 11) is 1.49. The molecule has 1 aliphatic rings. The first kappa shape index (κ1) is 15.3. The minimum absolute atomic E-state index is 0.0458. The zero-order valence-corrected chi connectivity index (χ0v) is 11.9. The highest BCUT2D eigenvalue weighted by Gasteiger charge is 2.17. The van der Waals surface area contributed by atoms with Gasteiger partial charge in [0.05, 0.1) is 24.9 Å². The normalized spacial score (nSPS) is 15.5. The van der Waals surface area contributed by atoms with Crippen LogP contribution >= 0.6 is 0 Å². The molecule has 0 bridgehead atoms. The number of carbonyl (C=O) groups is 2. The van der Waals surface area contributed by atoms with E-state index in [4.69, 9.17) is 9.84 Å². The summed E-state index contributed by atoms with van der Waals surface area (Å²) >= 11 is 0. The maximum Gasteiger partial charge on any atom is 0.337 e. The number of rotatable bonds is 5. The van der Waals surface area contributed by atoms with Crippen molar-refractivity contribution in [2.75, 3.05) is 45.2 Å². The van der Waals surface area contributed by atoms with E-state index in [0.29, 0.717) is 5.75 Å². The molecular formula is C14H19N3O4. The summed E-state index contributed by atoms with van der Waals surface area (Å²) in [5.41, 5.74) is 0.298. The highest BCUT2D eigenvalue weighted by Crippen LogP contribution is 2.22. The second-order valence-corrected chi connectivity index (χ2v) is 4.79. The molecule has 0 atom stereocenters. The van der Waals surface area contributed by atoms with Gasteiger partial charge in [0.2, 0.25) is 5.91 Å². The second-order valence-electron chi connectivity index (χ2n) is 4.79. The third-order valence-electron chi connectivity index (χ3n) is 3.31. The summed E-state index contributed by atoms with van der Waals surface area (Å²) in [6.07, 6.45) is 0. The Morgan fingerprint density at radius 3 is 2.71 bits per heavy atom. The molecule has 0 saturated carbocycles. The number of nitrogens with one attached hydrogen (secondary N) is 2. The van der Waals surface area contributed by atoms with Gasteiger partial charge in [-0.05, 0) is 12.1 Å². The molecule has 1 heterocycles. The highest BCUT2D eigenvalue weighted by molar-refractivity contribution is 6.01. The highest BCUT2D eigenvalue weighted by atomic mass is 16.5. The van der Waals surface area contributed by atoms with Gasteiger partial charge in [-0.3, -0.25) is 9.69 Å². The number of piperazine rings is 1. The quantitative estimate of drug-likeness (QED) is 0.720. The fraction of sp³-hybridized carbons (Fsp3) is 0.429. The van der Waals surface area contributed by atoms with E-state index in [1.165, 1.54) is 19.2 Å². The van der Waals surface area contributed by atoms with Crippen LogP contribution in [0.15, 0.2) is 18.2 Å². The van der Waals surface area contributed by atoms with Gasteiger partial charge >= 0.3 is 5.97 Å². The lowest BCUT2D eigenvalue weighted by molar-refractivity contribution is -0.117. The fourth-order valence-corrected chi connectivity index (χ4v) is 2.20. The molecule has 0 aliphatic carbocycles. The number of nitrogens with zero attached hydrogens (tertiary/aromatic N) is 1. The van der Waals surface area contributed by atoms with Crippen molar-refractivity contribution in [2.24, 2.45) is 0 Å². The van der Waals surface area contributed by atoms with Crippen molar-refractivity contribution in [2.45, 2.75) is 0 Å². The molecule has 0 radical (unpaired) electrons. The third kappa shape index (κ3) is 4.17. The minimum atomic E-state index is -1.09. The van der Waals surface area contributed by atoms with Crippen molar-refractivity contribution in [1.82, 2.24) is 10.2 Å². The van der Waals surface area contributed by atoms with Gasteiger partial charge in [-0.2, -0.15) is 0 Å². The summed E-state index contributed by atoms with van der Waals surface area (Å²) < 4.78 is 5.06. The molecule has 3 N–H and O–H groups in total. The summed E-state index contributed by atoms with van der Waals surface area (Å²) in [5, 5.41) is 15.0. The number of amides is 1.